The maximum Gasteiger partial charge on any atom is 0.436 e. The molecular formula is C23H24F3N7O4S. The van der Waals surface area contributed by atoms with Gasteiger partial charge < -0.3 is 13.8 Å². The number of aromatic nitrogens is 7. The van der Waals surface area contributed by atoms with Gasteiger partial charge in [0.05, 0.1) is 29.4 Å². The number of rotatable bonds is 9. The highest BCUT2D eigenvalue weighted by atomic mass is 32.2. The van der Waals surface area contributed by atoms with E-state index in [0.717, 1.165) is 6.07 Å². The van der Waals surface area contributed by atoms with Gasteiger partial charge in [-0.2, -0.15) is 13.2 Å². The van der Waals surface area contributed by atoms with Gasteiger partial charge in [-0.05, 0) is 32.9 Å². The first-order valence-electron chi connectivity index (χ1n) is 11.3. The van der Waals surface area contributed by atoms with E-state index in [1.165, 1.54) is 31.0 Å². The van der Waals surface area contributed by atoms with Crippen LogP contribution in [-0.2, 0) is 33.0 Å². The first-order valence-corrected chi connectivity index (χ1v) is 13.0. The Kier molecular flexibility index (Phi) is 7.60. The first kappa shape index (κ1) is 27.3. The largest absolute Gasteiger partial charge is 0.436 e. The second-order valence-electron chi connectivity index (χ2n) is 8.62. The Bertz CT molecular complexity index is 1520. The number of sulfone groups is 1. The van der Waals surface area contributed by atoms with Gasteiger partial charge in [0.2, 0.25) is 0 Å². The van der Waals surface area contributed by atoms with Crippen molar-refractivity contribution in [1.29, 1.82) is 0 Å². The molecule has 0 aliphatic heterocycles. The zero-order valence-corrected chi connectivity index (χ0v) is 21.7. The molecule has 15 heteroatoms. The topological polar surface area (TPSA) is 139 Å². The molecule has 4 heterocycles. The highest BCUT2D eigenvalue weighted by molar-refractivity contribution is 7.91. The molecule has 4 aromatic heterocycles. The first-order chi connectivity index (χ1) is 17.9. The lowest BCUT2D eigenvalue weighted by Crippen LogP contribution is -2.29. The Morgan fingerprint density at radius 1 is 1.11 bits per heavy atom. The molecule has 38 heavy (non-hydrogen) atoms. The minimum Gasteiger partial charge on any atom is -0.374 e. The maximum absolute atomic E-state index is 13.5. The van der Waals surface area contributed by atoms with Crippen molar-refractivity contribution >= 4 is 9.84 Å². The second-order valence-corrected chi connectivity index (χ2v) is 11.0. The third-order valence-corrected chi connectivity index (χ3v) is 7.82. The van der Waals surface area contributed by atoms with Crippen LogP contribution < -0.4 is 0 Å². The van der Waals surface area contributed by atoms with Crippen molar-refractivity contribution in [3.05, 3.63) is 71.0 Å². The highest BCUT2D eigenvalue weighted by Crippen LogP contribution is 2.30. The zero-order valence-electron chi connectivity index (χ0n) is 20.8. The van der Waals surface area contributed by atoms with Crippen molar-refractivity contribution in [3.63, 3.8) is 0 Å². The molecule has 0 spiro atoms. The monoisotopic (exact) mass is 551 g/mol. The van der Waals surface area contributed by atoms with Gasteiger partial charge in [-0.1, -0.05) is 11.2 Å². The Morgan fingerprint density at radius 2 is 1.87 bits per heavy atom. The number of halogens is 3. The van der Waals surface area contributed by atoms with Crippen LogP contribution in [0.1, 0.15) is 47.4 Å². The molecule has 4 rings (SSSR count). The van der Waals surface area contributed by atoms with Crippen LogP contribution in [0.3, 0.4) is 0 Å². The van der Waals surface area contributed by atoms with Crippen LogP contribution in [0.2, 0.25) is 0 Å². The third-order valence-electron chi connectivity index (χ3n) is 5.78. The van der Waals surface area contributed by atoms with Crippen molar-refractivity contribution in [2.75, 3.05) is 7.11 Å². The van der Waals surface area contributed by atoms with Gasteiger partial charge in [-0.3, -0.25) is 9.97 Å². The van der Waals surface area contributed by atoms with Crippen LogP contribution in [0.15, 0.2) is 41.2 Å². The number of methoxy groups -OCH3 is 1. The molecule has 0 fully saturated rings. The molecule has 0 aliphatic carbocycles. The zero-order chi connectivity index (χ0) is 27.7. The van der Waals surface area contributed by atoms with Gasteiger partial charge >= 0.3 is 6.18 Å². The van der Waals surface area contributed by atoms with Gasteiger partial charge in [0.15, 0.2) is 27.1 Å². The molecule has 2 atom stereocenters. The maximum atomic E-state index is 13.5. The lowest BCUT2D eigenvalue weighted by Gasteiger charge is -2.22. The summed E-state index contributed by atoms with van der Waals surface area (Å²) in [5, 5.41) is 10.2. The molecule has 11 nitrogen and oxygen atoms in total. The molecule has 0 amide bonds. The number of hydrogen-bond donors (Lipinski definition) is 0. The standard InChI is InChI=1S/C23H24F3N7O4S/c1-13-6-5-7-17(29-13)22-31-30-20(33(22)11-16-8-19(32-37-16)23(24,25)26)12-38(34,35)15(3)21(36-4)18-10-27-14(2)9-28-18/h5-10,15,21H,11-12H2,1-4H3/t15-,21-/m0/s1. The van der Waals surface area contributed by atoms with E-state index in [2.05, 4.69) is 30.3 Å². The van der Waals surface area contributed by atoms with Gasteiger partial charge in [-0.15, -0.1) is 10.2 Å². The van der Waals surface area contributed by atoms with Crippen LogP contribution in [0, 0.1) is 13.8 Å². The summed E-state index contributed by atoms with van der Waals surface area (Å²) in [6, 6.07) is 5.84. The summed E-state index contributed by atoms with van der Waals surface area (Å²) in [6.07, 6.45) is -2.68. The molecule has 0 saturated carbocycles. The smallest absolute Gasteiger partial charge is 0.374 e. The van der Waals surface area contributed by atoms with Crippen molar-refractivity contribution in [1.82, 2.24) is 34.9 Å². The molecule has 0 N–H and O–H groups in total. The fourth-order valence-electron chi connectivity index (χ4n) is 3.74. The summed E-state index contributed by atoms with van der Waals surface area (Å²) < 4.78 is 77.8. The predicted molar refractivity (Wildman–Crippen MR) is 127 cm³/mol. The van der Waals surface area contributed by atoms with Crippen LogP contribution in [0.25, 0.3) is 11.5 Å². The summed E-state index contributed by atoms with van der Waals surface area (Å²) >= 11 is 0. The number of aryl methyl sites for hydroxylation is 2. The molecule has 4 aromatic rings. The number of alkyl halides is 3. The molecule has 0 unspecified atom stereocenters. The number of hydrogen-bond acceptors (Lipinski definition) is 10. The summed E-state index contributed by atoms with van der Waals surface area (Å²) in [5.74, 6) is -0.622. The summed E-state index contributed by atoms with van der Waals surface area (Å²) in [6.45, 7) is 4.67. The number of nitrogens with zero attached hydrogens (tertiary/aromatic N) is 7. The average Bonchev–Trinajstić information content (AvgIpc) is 3.48. The van der Waals surface area contributed by atoms with Gasteiger partial charge in [0.1, 0.15) is 23.4 Å². The Hall–Kier alpha value is -3.72. The average molecular weight is 552 g/mol. The Morgan fingerprint density at radius 3 is 2.47 bits per heavy atom. The molecule has 202 valence electrons. The van der Waals surface area contributed by atoms with E-state index < -0.39 is 38.8 Å². The van der Waals surface area contributed by atoms with Crippen molar-refractivity contribution in [3.8, 4) is 11.5 Å². The fourth-order valence-corrected chi connectivity index (χ4v) is 5.21. The normalized spacial score (nSPS) is 14.0. The number of ether oxygens (including phenoxy) is 1. The summed E-state index contributed by atoms with van der Waals surface area (Å²) in [4.78, 5) is 12.8. The Balaban J connectivity index is 1.71. The highest BCUT2D eigenvalue weighted by Gasteiger charge is 2.36. The van der Waals surface area contributed by atoms with E-state index in [-0.39, 0.29) is 24.0 Å². The minimum absolute atomic E-state index is 0.0232. The van der Waals surface area contributed by atoms with Crippen molar-refractivity contribution < 1.29 is 30.8 Å². The quantitative estimate of drug-likeness (QED) is 0.304. The lowest BCUT2D eigenvalue weighted by atomic mass is 10.2. The van der Waals surface area contributed by atoms with Gasteiger partial charge in [0, 0.05) is 25.1 Å². The molecule has 0 aromatic carbocycles. The second kappa shape index (κ2) is 10.6. The van der Waals surface area contributed by atoms with E-state index in [9.17, 15) is 21.6 Å². The third kappa shape index (κ3) is 5.88. The Labute approximate surface area is 216 Å². The minimum atomic E-state index is -4.70. The molecule has 0 radical (unpaired) electrons. The number of pyridine rings is 1. The summed E-state index contributed by atoms with van der Waals surface area (Å²) in [5.41, 5.74) is 0.795. The van der Waals surface area contributed by atoms with Crippen molar-refractivity contribution in [2.45, 2.75) is 50.6 Å². The van der Waals surface area contributed by atoms with Crippen LogP contribution in [-0.4, -0.2) is 55.7 Å². The van der Waals surface area contributed by atoms with Crippen molar-refractivity contribution in [2.24, 2.45) is 0 Å². The predicted octanol–water partition coefficient (Wildman–Crippen LogP) is 3.49. The van der Waals surface area contributed by atoms with E-state index in [1.54, 1.807) is 32.0 Å². The molecule has 0 bridgehead atoms. The fraction of sp³-hybridized carbons (Fsp3) is 0.391. The van der Waals surface area contributed by atoms with E-state index in [4.69, 9.17) is 9.26 Å². The molecular weight excluding hydrogens is 527 g/mol. The van der Waals surface area contributed by atoms with E-state index >= 15 is 0 Å². The van der Waals surface area contributed by atoms with Gasteiger partial charge in [0.25, 0.3) is 0 Å². The van der Waals surface area contributed by atoms with Gasteiger partial charge in [-0.25, -0.2) is 13.4 Å². The van der Waals surface area contributed by atoms with E-state index in [0.29, 0.717) is 22.8 Å². The van der Waals surface area contributed by atoms with E-state index in [1.807, 2.05) is 0 Å². The van der Waals surface area contributed by atoms with Crippen LogP contribution in [0.4, 0.5) is 13.2 Å². The van der Waals surface area contributed by atoms with Crippen LogP contribution in [0.5, 0.6) is 0 Å². The van der Waals surface area contributed by atoms with Crippen LogP contribution >= 0.6 is 0 Å². The molecule has 0 saturated heterocycles. The SMILES string of the molecule is CO[C@H](c1cnc(C)cn1)[C@H](C)S(=O)(=O)Cc1nnc(-c2cccc(C)n2)n1Cc1cc(C(F)(F)F)no1. The molecule has 0 aliphatic rings. The summed E-state index contributed by atoms with van der Waals surface area (Å²) in [7, 11) is -2.59. The lowest BCUT2D eigenvalue weighted by molar-refractivity contribution is -0.142.